The first-order valence-corrected chi connectivity index (χ1v) is 4.18. The number of hydrogen-bond donors (Lipinski definition) is 0. The zero-order valence-electron chi connectivity index (χ0n) is 7.21. The van der Waals surface area contributed by atoms with Crippen LogP contribution in [-0.2, 0) is 4.74 Å². The normalized spacial score (nSPS) is 41.8. The molecule has 1 aliphatic carbocycles. The van der Waals surface area contributed by atoms with Crippen LogP contribution in [0.25, 0.3) is 0 Å². The molecule has 0 N–H and O–H groups in total. The zero-order valence-corrected chi connectivity index (χ0v) is 7.21. The molecule has 1 aliphatic heterocycles. The molecule has 0 spiro atoms. The number of ether oxygens (including phenoxy) is 1. The first-order chi connectivity index (χ1) is 5.24. The molecule has 0 aromatic rings. The van der Waals surface area contributed by atoms with E-state index in [-0.39, 0.29) is 0 Å². The highest BCUT2D eigenvalue weighted by molar-refractivity contribution is 5.12. The van der Waals surface area contributed by atoms with Gasteiger partial charge in [-0.1, -0.05) is 6.58 Å². The van der Waals surface area contributed by atoms with E-state index < -0.39 is 0 Å². The third-order valence-electron chi connectivity index (χ3n) is 3.06. The number of likely N-dealkylation sites (tertiary alicyclic amines) is 1. The van der Waals surface area contributed by atoms with E-state index in [1.807, 2.05) is 0 Å². The molecule has 2 rings (SSSR count). The number of nitrogens with zero attached hydrogens (tertiary/aromatic N) is 1. The van der Waals surface area contributed by atoms with Crippen molar-refractivity contribution in [3.63, 3.8) is 0 Å². The molecule has 1 saturated heterocycles. The molecule has 1 heterocycles. The SMILES string of the molecule is C=C(OC)[C@@H]1C[C@H]2C[C@H]2N1C. The number of likely N-dealkylation sites (N-methyl/N-ethyl adjacent to an activating group) is 1. The number of rotatable bonds is 2. The summed E-state index contributed by atoms with van der Waals surface area (Å²) in [6.07, 6.45) is 2.65. The number of fused-ring (bicyclic) bond motifs is 1. The predicted molar refractivity (Wildman–Crippen MR) is 44.2 cm³/mol. The van der Waals surface area contributed by atoms with Crippen molar-refractivity contribution < 1.29 is 4.74 Å². The van der Waals surface area contributed by atoms with Crippen molar-refractivity contribution in [3.05, 3.63) is 12.3 Å². The van der Waals surface area contributed by atoms with Crippen LogP contribution in [0, 0.1) is 5.92 Å². The van der Waals surface area contributed by atoms with E-state index in [0.717, 1.165) is 17.7 Å². The molecule has 0 amide bonds. The number of methoxy groups -OCH3 is 1. The fourth-order valence-electron chi connectivity index (χ4n) is 2.16. The number of piperidine rings is 1. The molecule has 2 nitrogen and oxygen atoms in total. The Bertz CT molecular complexity index is 190. The molecule has 0 radical (unpaired) electrons. The van der Waals surface area contributed by atoms with Crippen LogP contribution in [0.15, 0.2) is 12.3 Å². The molecule has 2 fully saturated rings. The molecule has 2 heteroatoms. The second kappa shape index (κ2) is 2.24. The molecular weight excluding hydrogens is 138 g/mol. The van der Waals surface area contributed by atoms with Gasteiger partial charge >= 0.3 is 0 Å². The Hall–Kier alpha value is -0.500. The third kappa shape index (κ3) is 0.968. The van der Waals surface area contributed by atoms with Gasteiger partial charge in [0, 0.05) is 6.04 Å². The Morgan fingerprint density at radius 3 is 2.73 bits per heavy atom. The van der Waals surface area contributed by atoms with Crippen molar-refractivity contribution in [3.8, 4) is 0 Å². The highest BCUT2D eigenvalue weighted by atomic mass is 16.5. The van der Waals surface area contributed by atoms with E-state index in [4.69, 9.17) is 4.74 Å². The molecule has 3 atom stereocenters. The summed E-state index contributed by atoms with van der Waals surface area (Å²) in [5, 5.41) is 0. The topological polar surface area (TPSA) is 12.5 Å². The average molecular weight is 153 g/mol. The lowest BCUT2D eigenvalue weighted by molar-refractivity contribution is 0.189. The van der Waals surface area contributed by atoms with Gasteiger partial charge in [-0.2, -0.15) is 0 Å². The van der Waals surface area contributed by atoms with Gasteiger partial charge in [-0.15, -0.1) is 0 Å². The summed E-state index contributed by atoms with van der Waals surface area (Å²) >= 11 is 0. The predicted octanol–water partition coefficient (Wildman–Crippen LogP) is 1.24. The Morgan fingerprint density at radius 1 is 1.55 bits per heavy atom. The van der Waals surface area contributed by atoms with Crippen LogP contribution in [-0.4, -0.2) is 31.1 Å². The largest absolute Gasteiger partial charge is 0.500 e. The molecule has 62 valence electrons. The minimum Gasteiger partial charge on any atom is -0.500 e. The van der Waals surface area contributed by atoms with E-state index >= 15 is 0 Å². The maximum atomic E-state index is 5.14. The third-order valence-corrected chi connectivity index (χ3v) is 3.06. The van der Waals surface area contributed by atoms with Crippen molar-refractivity contribution in [1.82, 2.24) is 4.90 Å². The van der Waals surface area contributed by atoms with Gasteiger partial charge in [0.1, 0.15) is 5.76 Å². The van der Waals surface area contributed by atoms with E-state index in [1.54, 1.807) is 7.11 Å². The average Bonchev–Trinajstić information content (AvgIpc) is 2.71. The molecule has 0 aromatic heterocycles. The summed E-state index contributed by atoms with van der Waals surface area (Å²) in [6.45, 7) is 3.90. The zero-order chi connectivity index (χ0) is 8.01. The molecule has 0 aromatic carbocycles. The van der Waals surface area contributed by atoms with E-state index in [9.17, 15) is 0 Å². The highest BCUT2D eigenvalue weighted by Gasteiger charge is 2.51. The first-order valence-electron chi connectivity index (χ1n) is 4.18. The summed E-state index contributed by atoms with van der Waals surface area (Å²) in [7, 11) is 3.88. The van der Waals surface area contributed by atoms with Crippen molar-refractivity contribution in [2.24, 2.45) is 5.92 Å². The quantitative estimate of drug-likeness (QED) is 0.553. The summed E-state index contributed by atoms with van der Waals surface area (Å²) < 4.78 is 5.14. The molecule has 0 unspecified atom stereocenters. The van der Waals surface area contributed by atoms with E-state index in [2.05, 4.69) is 18.5 Å². The Morgan fingerprint density at radius 2 is 2.27 bits per heavy atom. The second-order valence-corrected chi connectivity index (χ2v) is 3.65. The minimum atomic E-state index is 0.490. The minimum absolute atomic E-state index is 0.490. The molecular formula is C9H15NO. The lowest BCUT2D eigenvalue weighted by Gasteiger charge is -2.23. The van der Waals surface area contributed by atoms with Gasteiger partial charge in [-0.25, -0.2) is 0 Å². The van der Waals surface area contributed by atoms with Gasteiger partial charge in [0.25, 0.3) is 0 Å². The van der Waals surface area contributed by atoms with Crippen LogP contribution < -0.4 is 0 Å². The second-order valence-electron chi connectivity index (χ2n) is 3.65. The van der Waals surface area contributed by atoms with E-state index in [0.29, 0.717) is 6.04 Å². The van der Waals surface area contributed by atoms with E-state index in [1.165, 1.54) is 12.8 Å². The maximum absolute atomic E-state index is 5.14. The Kier molecular flexibility index (Phi) is 1.46. The van der Waals surface area contributed by atoms with Crippen LogP contribution in [0.2, 0.25) is 0 Å². The van der Waals surface area contributed by atoms with Crippen molar-refractivity contribution in [2.75, 3.05) is 14.2 Å². The van der Waals surface area contributed by atoms with Gasteiger partial charge in [0.2, 0.25) is 0 Å². The van der Waals surface area contributed by atoms with Crippen LogP contribution in [0.1, 0.15) is 12.8 Å². The lowest BCUT2D eigenvalue weighted by Crippen LogP contribution is -2.30. The van der Waals surface area contributed by atoms with Crippen molar-refractivity contribution >= 4 is 0 Å². The summed E-state index contributed by atoms with van der Waals surface area (Å²) in [5.74, 6) is 1.87. The van der Waals surface area contributed by atoms with Gasteiger partial charge in [-0.3, -0.25) is 4.90 Å². The van der Waals surface area contributed by atoms with Crippen LogP contribution >= 0.6 is 0 Å². The standard InChI is InChI=1S/C9H15NO/c1-6(11-3)8-4-7-5-9(7)10(8)2/h7-9H,1,4-5H2,2-3H3/t7-,8-,9+/m0/s1. The number of hydrogen-bond acceptors (Lipinski definition) is 2. The summed E-state index contributed by atoms with van der Waals surface area (Å²) in [4.78, 5) is 2.40. The molecule has 1 saturated carbocycles. The van der Waals surface area contributed by atoms with Crippen molar-refractivity contribution in [2.45, 2.75) is 24.9 Å². The smallest absolute Gasteiger partial charge is 0.106 e. The summed E-state index contributed by atoms with van der Waals surface area (Å²) in [6, 6.07) is 1.33. The van der Waals surface area contributed by atoms with Crippen LogP contribution in [0.5, 0.6) is 0 Å². The Balaban J connectivity index is 2.01. The fraction of sp³-hybridized carbons (Fsp3) is 0.778. The monoisotopic (exact) mass is 153 g/mol. The summed E-state index contributed by atoms with van der Waals surface area (Å²) in [5.41, 5.74) is 0. The molecule has 11 heavy (non-hydrogen) atoms. The van der Waals surface area contributed by atoms with Gasteiger partial charge < -0.3 is 4.74 Å². The Labute approximate surface area is 67.8 Å². The van der Waals surface area contributed by atoms with Crippen LogP contribution in [0.3, 0.4) is 0 Å². The molecule has 2 aliphatic rings. The molecule has 0 bridgehead atoms. The first kappa shape index (κ1) is 7.17. The van der Waals surface area contributed by atoms with Gasteiger partial charge in [-0.05, 0) is 25.8 Å². The fourth-order valence-corrected chi connectivity index (χ4v) is 2.16. The highest BCUT2D eigenvalue weighted by Crippen LogP contribution is 2.48. The van der Waals surface area contributed by atoms with Gasteiger partial charge in [0.05, 0.1) is 13.2 Å². The maximum Gasteiger partial charge on any atom is 0.106 e. The lowest BCUT2D eigenvalue weighted by atomic mass is 10.1. The van der Waals surface area contributed by atoms with Crippen LogP contribution in [0.4, 0.5) is 0 Å². The van der Waals surface area contributed by atoms with Crippen molar-refractivity contribution in [1.29, 1.82) is 0 Å². The van der Waals surface area contributed by atoms with Gasteiger partial charge in [0.15, 0.2) is 0 Å².